The summed E-state index contributed by atoms with van der Waals surface area (Å²) in [5, 5.41) is 15.9. The maximum atomic E-state index is 10.7. The summed E-state index contributed by atoms with van der Waals surface area (Å²) in [6, 6.07) is 3.01. The number of carbonyl (C=O) groups excluding carboxylic acids is 1. The molecule has 0 atom stereocenters. The lowest BCUT2D eigenvalue weighted by Crippen LogP contribution is -2.23. The van der Waals surface area contributed by atoms with Crippen molar-refractivity contribution in [2.24, 2.45) is 5.73 Å². The van der Waals surface area contributed by atoms with Crippen LogP contribution in [-0.2, 0) is 4.79 Å². The first-order chi connectivity index (χ1) is 7.50. The Balaban J connectivity index is 2.66. The van der Waals surface area contributed by atoms with Gasteiger partial charge in [0, 0.05) is 13.6 Å². The highest BCUT2D eigenvalue weighted by molar-refractivity contribution is 5.90. The summed E-state index contributed by atoms with van der Waals surface area (Å²) in [6.45, 7) is 0.319. The number of hydrogen-bond acceptors (Lipinski definition) is 5. The van der Waals surface area contributed by atoms with Crippen molar-refractivity contribution < 1.29 is 14.7 Å². The van der Waals surface area contributed by atoms with Crippen LogP contribution in [0.25, 0.3) is 0 Å². The third-order valence-corrected chi connectivity index (χ3v) is 1.96. The monoisotopic (exact) mass is 224 g/mol. The Morgan fingerprint density at radius 1 is 1.44 bits per heavy atom. The number of carboxylic acids is 1. The second-order valence-electron chi connectivity index (χ2n) is 3.21. The maximum Gasteiger partial charge on any atom is 0.305 e. The molecule has 0 aromatic carbocycles. The highest BCUT2D eigenvalue weighted by Gasteiger charge is 2.07. The van der Waals surface area contributed by atoms with Crippen molar-refractivity contribution in [1.29, 1.82) is 0 Å². The van der Waals surface area contributed by atoms with Gasteiger partial charge in [-0.25, -0.2) is 0 Å². The minimum Gasteiger partial charge on any atom is -0.481 e. The molecule has 1 aromatic rings. The van der Waals surface area contributed by atoms with Crippen LogP contribution in [0.1, 0.15) is 16.9 Å². The second kappa shape index (κ2) is 5.06. The number of aliphatic carboxylic acids is 1. The molecule has 0 saturated carbocycles. The van der Waals surface area contributed by atoms with E-state index < -0.39 is 11.9 Å². The zero-order valence-electron chi connectivity index (χ0n) is 8.75. The predicted molar refractivity (Wildman–Crippen MR) is 56.1 cm³/mol. The first-order valence-corrected chi connectivity index (χ1v) is 4.57. The van der Waals surface area contributed by atoms with E-state index in [0.29, 0.717) is 12.4 Å². The number of hydrogen-bond donors (Lipinski definition) is 2. The van der Waals surface area contributed by atoms with Crippen LogP contribution < -0.4 is 10.6 Å². The third-order valence-electron chi connectivity index (χ3n) is 1.96. The summed E-state index contributed by atoms with van der Waals surface area (Å²) < 4.78 is 0. The molecule has 0 unspecified atom stereocenters. The normalized spacial score (nSPS) is 9.81. The highest BCUT2D eigenvalue weighted by Crippen LogP contribution is 2.07. The fourth-order valence-corrected chi connectivity index (χ4v) is 1.04. The lowest BCUT2D eigenvalue weighted by molar-refractivity contribution is -0.136. The van der Waals surface area contributed by atoms with E-state index in [0.717, 1.165) is 0 Å². The van der Waals surface area contributed by atoms with Gasteiger partial charge in [0.25, 0.3) is 5.91 Å². The molecule has 0 fully saturated rings. The smallest absolute Gasteiger partial charge is 0.305 e. The molecule has 0 saturated heterocycles. The molecule has 1 aromatic heterocycles. The van der Waals surface area contributed by atoms with Crippen molar-refractivity contribution in [3.63, 3.8) is 0 Å². The van der Waals surface area contributed by atoms with Crippen LogP contribution in [-0.4, -0.2) is 40.8 Å². The van der Waals surface area contributed by atoms with E-state index in [9.17, 15) is 9.59 Å². The maximum absolute atomic E-state index is 10.7. The number of rotatable bonds is 5. The molecular formula is C9H12N4O3. The van der Waals surface area contributed by atoms with Gasteiger partial charge in [-0.2, -0.15) is 0 Å². The lowest BCUT2D eigenvalue weighted by Gasteiger charge is -2.15. The Kier molecular flexibility index (Phi) is 3.76. The topological polar surface area (TPSA) is 109 Å². The zero-order valence-corrected chi connectivity index (χ0v) is 8.75. The van der Waals surface area contributed by atoms with Gasteiger partial charge in [0.15, 0.2) is 11.5 Å². The van der Waals surface area contributed by atoms with Crippen molar-refractivity contribution in [2.45, 2.75) is 6.42 Å². The number of primary amides is 1. The molecule has 1 heterocycles. The van der Waals surface area contributed by atoms with E-state index in [1.165, 1.54) is 6.07 Å². The van der Waals surface area contributed by atoms with Gasteiger partial charge in [-0.15, -0.1) is 10.2 Å². The van der Waals surface area contributed by atoms with Gasteiger partial charge in [0.05, 0.1) is 6.42 Å². The van der Waals surface area contributed by atoms with Crippen molar-refractivity contribution in [1.82, 2.24) is 10.2 Å². The number of anilines is 1. The van der Waals surface area contributed by atoms with Crippen LogP contribution in [0.5, 0.6) is 0 Å². The van der Waals surface area contributed by atoms with Gasteiger partial charge in [-0.3, -0.25) is 9.59 Å². The molecule has 1 rings (SSSR count). The molecule has 0 aliphatic carbocycles. The number of aromatic nitrogens is 2. The molecule has 0 aliphatic heterocycles. The molecule has 7 heteroatoms. The average molecular weight is 224 g/mol. The Hall–Kier alpha value is -2.18. The SMILES string of the molecule is CN(CCC(=O)O)c1ccc(C(N)=O)nn1. The van der Waals surface area contributed by atoms with Crippen LogP contribution in [0.2, 0.25) is 0 Å². The summed E-state index contributed by atoms with van der Waals surface area (Å²) in [7, 11) is 1.69. The van der Waals surface area contributed by atoms with Crippen LogP contribution in [0.15, 0.2) is 12.1 Å². The van der Waals surface area contributed by atoms with Crippen molar-refractivity contribution in [2.75, 3.05) is 18.5 Å². The molecule has 16 heavy (non-hydrogen) atoms. The predicted octanol–water partition coefficient (Wildman–Crippen LogP) is -0.514. The quantitative estimate of drug-likeness (QED) is 0.696. The number of nitrogens with zero attached hydrogens (tertiary/aromatic N) is 3. The molecular weight excluding hydrogens is 212 g/mol. The van der Waals surface area contributed by atoms with E-state index in [1.54, 1.807) is 18.0 Å². The largest absolute Gasteiger partial charge is 0.481 e. The van der Waals surface area contributed by atoms with Crippen LogP contribution in [0.4, 0.5) is 5.82 Å². The Labute approximate surface area is 91.9 Å². The van der Waals surface area contributed by atoms with Gasteiger partial charge in [0.1, 0.15) is 0 Å². The van der Waals surface area contributed by atoms with Gasteiger partial charge < -0.3 is 15.7 Å². The standard InChI is InChI=1S/C9H12N4O3/c1-13(5-4-8(14)15)7-3-2-6(9(10)16)11-12-7/h2-3H,4-5H2,1H3,(H2,10,16)(H,14,15). The molecule has 7 nitrogen and oxygen atoms in total. The van der Waals surface area contributed by atoms with E-state index in [-0.39, 0.29) is 12.1 Å². The average Bonchev–Trinajstić information content (AvgIpc) is 2.26. The molecule has 86 valence electrons. The summed E-state index contributed by atoms with van der Waals surface area (Å²) in [6.07, 6.45) is 0.00967. The molecule has 0 aliphatic rings. The van der Waals surface area contributed by atoms with Gasteiger partial charge >= 0.3 is 5.97 Å². The molecule has 0 spiro atoms. The number of nitrogens with two attached hydrogens (primary N) is 1. The summed E-state index contributed by atoms with van der Waals surface area (Å²) in [5.74, 6) is -1.04. The summed E-state index contributed by atoms with van der Waals surface area (Å²) in [5.41, 5.74) is 5.08. The van der Waals surface area contributed by atoms with Crippen molar-refractivity contribution >= 4 is 17.7 Å². The second-order valence-corrected chi connectivity index (χ2v) is 3.21. The van der Waals surface area contributed by atoms with E-state index in [4.69, 9.17) is 10.8 Å². The molecule has 0 radical (unpaired) electrons. The summed E-state index contributed by atoms with van der Waals surface area (Å²) in [4.78, 5) is 22.7. The van der Waals surface area contributed by atoms with Crippen LogP contribution >= 0.6 is 0 Å². The number of carbonyl (C=O) groups is 2. The fourth-order valence-electron chi connectivity index (χ4n) is 1.04. The fraction of sp³-hybridized carbons (Fsp3) is 0.333. The Morgan fingerprint density at radius 3 is 2.56 bits per heavy atom. The lowest BCUT2D eigenvalue weighted by atomic mass is 10.3. The first kappa shape index (κ1) is 11.9. The van der Waals surface area contributed by atoms with E-state index >= 15 is 0 Å². The number of amides is 1. The molecule has 0 bridgehead atoms. The third kappa shape index (κ3) is 3.19. The number of carboxylic acid groups (broad SMARTS) is 1. The van der Waals surface area contributed by atoms with E-state index in [2.05, 4.69) is 10.2 Å². The van der Waals surface area contributed by atoms with Crippen LogP contribution in [0, 0.1) is 0 Å². The van der Waals surface area contributed by atoms with Crippen LogP contribution in [0.3, 0.4) is 0 Å². The molecule has 3 N–H and O–H groups in total. The first-order valence-electron chi connectivity index (χ1n) is 4.57. The van der Waals surface area contributed by atoms with Gasteiger partial charge in [0.2, 0.25) is 0 Å². The highest BCUT2D eigenvalue weighted by atomic mass is 16.4. The van der Waals surface area contributed by atoms with Gasteiger partial charge in [-0.1, -0.05) is 0 Å². The minimum atomic E-state index is -0.881. The molecule has 1 amide bonds. The van der Waals surface area contributed by atoms with Crippen molar-refractivity contribution in [3.8, 4) is 0 Å². The Morgan fingerprint density at radius 2 is 2.12 bits per heavy atom. The van der Waals surface area contributed by atoms with Gasteiger partial charge in [-0.05, 0) is 12.1 Å². The Bertz CT molecular complexity index is 390. The zero-order chi connectivity index (χ0) is 12.1. The van der Waals surface area contributed by atoms with Crippen molar-refractivity contribution in [3.05, 3.63) is 17.8 Å². The van der Waals surface area contributed by atoms with E-state index in [1.807, 2.05) is 0 Å². The summed E-state index contributed by atoms with van der Waals surface area (Å²) >= 11 is 0. The minimum absolute atomic E-state index is 0.00967.